The van der Waals surface area contributed by atoms with Crippen molar-refractivity contribution in [2.45, 2.75) is 26.8 Å². The summed E-state index contributed by atoms with van der Waals surface area (Å²) < 4.78 is 0. The van der Waals surface area contributed by atoms with E-state index < -0.39 is 0 Å². The van der Waals surface area contributed by atoms with Crippen LogP contribution in [0.1, 0.15) is 25.8 Å². The van der Waals surface area contributed by atoms with Crippen LogP contribution in [0.25, 0.3) is 0 Å². The number of nitrogens with zero attached hydrogens (tertiary/aromatic N) is 1. The van der Waals surface area contributed by atoms with E-state index in [0.29, 0.717) is 28.5 Å². The first kappa shape index (κ1) is 13.3. The summed E-state index contributed by atoms with van der Waals surface area (Å²) >= 11 is 5.77. The molecule has 18 heavy (non-hydrogen) atoms. The number of rotatable bonds is 5. The molecule has 1 aliphatic rings. The van der Waals surface area contributed by atoms with Gasteiger partial charge in [0.2, 0.25) is 0 Å². The molecular weight excluding hydrogens is 252 g/mol. The van der Waals surface area contributed by atoms with E-state index in [2.05, 4.69) is 19.2 Å². The van der Waals surface area contributed by atoms with E-state index in [1.54, 1.807) is 12.1 Å². The zero-order valence-electron chi connectivity index (χ0n) is 10.6. The lowest BCUT2D eigenvalue weighted by Gasteiger charge is -2.07. The van der Waals surface area contributed by atoms with Gasteiger partial charge in [-0.3, -0.25) is 10.1 Å². The van der Waals surface area contributed by atoms with Crippen LogP contribution in [0.3, 0.4) is 0 Å². The molecule has 1 aromatic rings. The highest BCUT2D eigenvalue weighted by Crippen LogP contribution is 2.51. The molecule has 1 unspecified atom stereocenters. The number of hydrogen-bond acceptors (Lipinski definition) is 3. The van der Waals surface area contributed by atoms with Gasteiger partial charge in [-0.2, -0.15) is 0 Å². The monoisotopic (exact) mass is 268 g/mol. The Hall–Kier alpha value is -1.13. The first-order valence-corrected chi connectivity index (χ1v) is 6.41. The Kier molecular flexibility index (Phi) is 3.59. The number of nitro groups is 1. The van der Waals surface area contributed by atoms with Crippen molar-refractivity contribution in [2.24, 2.45) is 11.3 Å². The molecule has 4 nitrogen and oxygen atoms in total. The highest BCUT2D eigenvalue weighted by atomic mass is 35.5. The van der Waals surface area contributed by atoms with Gasteiger partial charge in [-0.05, 0) is 36.4 Å². The van der Waals surface area contributed by atoms with E-state index in [9.17, 15) is 10.1 Å². The lowest BCUT2D eigenvalue weighted by atomic mass is 10.1. The van der Waals surface area contributed by atoms with E-state index in [1.807, 2.05) is 0 Å². The van der Waals surface area contributed by atoms with Gasteiger partial charge in [0.1, 0.15) is 0 Å². The Morgan fingerprint density at radius 1 is 1.56 bits per heavy atom. The van der Waals surface area contributed by atoms with Gasteiger partial charge in [0.05, 0.1) is 4.92 Å². The van der Waals surface area contributed by atoms with Gasteiger partial charge in [0.25, 0.3) is 5.69 Å². The molecule has 0 saturated heterocycles. The van der Waals surface area contributed by atoms with Crippen LogP contribution in [0.5, 0.6) is 0 Å². The van der Waals surface area contributed by atoms with E-state index in [1.165, 1.54) is 12.5 Å². The molecule has 0 aromatic heterocycles. The number of halogens is 1. The van der Waals surface area contributed by atoms with Crippen LogP contribution in [0, 0.1) is 21.4 Å². The third kappa shape index (κ3) is 3.00. The van der Waals surface area contributed by atoms with E-state index >= 15 is 0 Å². The van der Waals surface area contributed by atoms with Crippen LogP contribution in [0.4, 0.5) is 5.69 Å². The molecule has 0 amide bonds. The summed E-state index contributed by atoms with van der Waals surface area (Å²) in [4.78, 5) is 10.5. The Labute approximate surface area is 111 Å². The first-order valence-electron chi connectivity index (χ1n) is 6.04. The van der Waals surface area contributed by atoms with E-state index in [4.69, 9.17) is 11.6 Å². The maximum Gasteiger partial charge on any atom is 0.275 e. The molecule has 1 atom stereocenters. The minimum atomic E-state index is -0.385. The summed E-state index contributed by atoms with van der Waals surface area (Å²) in [5, 5.41) is 14.6. The second kappa shape index (κ2) is 4.86. The molecule has 1 saturated carbocycles. The van der Waals surface area contributed by atoms with Crippen LogP contribution in [-0.2, 0) is 6.54 Å². The summed E-state index contributed by atoms with van der Waals surface area (Å²) in [7, 11) is 0. The third-order valence-electron chi connectivity index (χ3n) is 3.67. The molecule has 0 heterocycles. The van der Waals surface area contributed by atoms with Gasteiger partial charge in [-0.15, -0.1) is 0 Å². The Morgan fingerprint density at radius 2 is 2.22 bits per heavy atom. The molecule has 5 heteroatoms. The zero-order chi connectivity index (χ0) is 13.3. The number of nitro benzene ring substituents is 1. The Balaban J connectivity index is 1.95. The molecule has 0 spiro atoms. The lowest BCUT2D eigenvalue weighted by molar-refractivity contribution is -0.385. The van der Waals surface area contributed by atoms with Crippen molar-refractivity contribution >= 4 is 17.3 Å². The van der Waals surface area contributed by atoms with Gasteiger partial charge in [0.15, 0.2) is 0 Å². The Bertz CT molecular complexity index is 474. The summed E-state index contributed by atoms with van der Waals surface area (Å²) in [5.74, 6) is 0.684. The SMILES string of the molecule is CC1(C)CC1CNCc1ccc(Cl)cc1[N+](=O)[O-]. The number of benzene rings is 1. The van der Waals surface area contributed by atoms with E-state index in [0.717, 1.165) is 6.54 Å². The molecule has 0 bridgehead atoms. The quantitative estimate of drug-likeness (QED) is 0.658. The van der Waals surface area contributed by atoms with Gasteiger partial charge in [0, 0.05) is 23.2 Å². The van der Waals surface area contributed by atoms with Crippen molar-refractivity contribution in [3.63, 3.8) is 0 Å². The van der Waals surface area contributed by atoms with Gasteiger partial charge >= 0.3 is 0 Å². The average Bonchev–Trinajstić information content (AvgIpc) is 2.88. The maximum absolute atomic E-state index is 10.9. The predicted molar refractivity (Wildman–Crippen MR) is 71.7 cm³/mol. The number of nitrogens with one attached hydrogen (secondary N) is 1. The van der Waals surface area contributed by atoms with Gasteiger partial charge in [-0.25, -0.2) is 0 Å². The summed E-state index contributed by atoms with van der Waals surface area (Å²) in [5.41, 5.74) is 1.20. The van der Waals surface area contributed by atoms with Crippen molar-refractivity contribution < 1.29 is 4.92 Å². The Morgan fingerprint density at radius 3 is 2.78 bits per heavy atom. The molecule has 2 rings (SSSR count). The molecule has 1 fully saturated rings. The fourth-order valence-electron chi connectivity index (χ4n) is 2.16. The molecule has 1 aromatic carbocycles. The van der Waals surface area contributed by atoms with Crippen molar-refractivity contribution in [3.05, 3.63) is 38.9 Å². The topological polar surface area (TPSA) is 55.2 Å². The van der Waals surface area contributed by atoms with Crippen molar-refractivity contribution in [3.8, 4) is 0 Å². The first-order chi connectivity index (χ1) is 8.40. The molecule has 98 valence electrons. The number of hydrogen-bond donors (Lipinski definition) is 1. The average molecular weight is 269 g/mol. The zero-order valence-corrected chi connectivity index (χ0v) is 11.3. The maximum atomic E-state index is 10.9. The highest BCUT2D eigenvalue weighted by Gasteiger charge is 2.44. The normalized spacial score (nSPS) is 20.7. The minimum absolute atomic E-state index is 0.0880. The van der Waals surface area contributed by atoms with Crippen LogP contribution in [0.15, 0.2) is 18.2 Å². The summed E-state index contributed by atoms with van der Waals surface area (Å²) in [6.45, 7) is 5.90. The predicted octanol–water partition coefficient (Wildman–Crippen LogP) is 3.38. The fraction of sp³-hybridized carbons (Fsp3) is 0.538. The summed E-state index contributed by atoms with van der Waals surface area (Å²) in [6.07, 6.45) is 1.22. The fourth-order valence-corrected chi connectivity index (χ4v) is 2.33. The summed E-state index contributed by atoms with van der Waals surface area (Å²) in [6, 6.07) is 4.80. The minimum Gasteiger partial charge on any atom is -0.312 e. The largest absolute Gasteiger partial charge is 0.312 e. The smallest absolute Gasteiger partial charge is 0.275 e. The molecule has 0 radical (unpaired) electrons. The van der Waals surface area contributed by atoms with Crippen LogP contribution >= 0.6 is 11.6 Å². The second-order valence-corrected chi connectivity index (χ2v) is 5.99. The van der Waals surface area contributed by atoms with Crippen LogP contribution in [-0.4, -0.2) is 11.5 Å². The van der Waals surface area contributed by atoms with Crippen LogP contribution < -0.4 is 5.32 Å². The third-order valence-corrected chi connectivity index (χ3v) is 3.90. The van der Waals surface area contributed by atoms with Gasteiger partial charge in [-0.1, -0.05) is 25.4 Å². The molecule has 1 N–H and O–H groups in total. The molecule has 0 aliphatic heterocycles. The van der Waals surface area contributed by atoms with Crippen molar-refractivity contribution in [1.29, 1.82) is 0 Å². The molecular formula is C13H17ClN2O2. The van der Waals surface area contributed by atoms with Gasteiger partial charge < -0.3 is 5.32 Å². The van der Waals surface area contributed by atoms with E-state index in [-0.39, 0.29) is 10.6 Å². The van der Waals surface area contributed by atoms with Crippen LogP contribution in [0.2, 0.25) is 5.02 Å². The molecule has 1 aliphatic carbocycles. The lowest BCUT2D eigenvalue weighted by Crippen LogP contribution is -2.18. The standard InChI is InChI=1S/C13H17ClN2O2/c1-13(2)6-10(13)8-15-7-9-3-4-11(14)5-12(9)16(17)18/h3-5,10,15H,6-8H2,1-2H3. The second-order valence-electron chi connectivity index (χ2n) is 5.55. The van der Waals surface area contributed by atoms with Crippen molar-refractivity contribution in [2.75, 3.05) is 6.54 Å². The highest BCUT2D eigenvalue weighted by molar-refractivity contribution is 6.30. The van der Waals surface area contributed by atoms with Crippen molar-refractivity contribution in [1.82, 2.24) is 5.32 Å².